The number of thioether (sulfide) groups is 1. The zero-order valence-corrected chi connectivity index (χ0v) is 13.8. The van der Waals surface area contributed by atoms with Gasteiger partial charge in [0, 0.05) is 24.2 Å². The Morgan fingerprint density at radius 3 is 3.00 bits per heavy atom. The Morgan fingerprint density at radius 2 is 2.24 bits per heavy atom. The van der Waals surface area contributed by atoms with Gasteiger partial charge in [-0.25, -0.2) is 4.98 Å². The van der Waals surface area contributed by atoms with Crippen LogP contribution in [0.15, 0.2) is 28.9 Å². The average Bonchev–Trinajstić information content (AvgIpc) is 3.03. The Bertz CT molecular complexity index is 747. The van der Waals surface area contributed by atoms with Gasteiger partial charge in [0.15, 0.2) is 4.34 Å². The summed E-state index contributed by atoms with van der Waals surface area (Å²) < 4.78 is 3.03. The van der Waals surface area contributed by atoms with Crippen molar-refractivity contribution in [1.82, 2.24) is 19.6 Å². The third-order valence-electron chi connectivity index (χ3n) is 2.89. The summed E-state index contributed by atoms with van der Waals surface area (Å²) in [6.45, 7) is 6.26. The molecular weight excluding hydrogens is 302 g/mol. The summed E-state index contributed by atoms with van der Waals surface area (Å²) in [7, 11) is 0. The summed E-state index contributed by atoms with van der Waals surface area (Å²) >= 11 is 3.26. The number of aryl methyl sites for hydroxylation is 1. The molecule has 0 spiro atoms. The maximum atomic E-state index is 4.67. The first-order valence-corrected chi connectivity index (χ1v) is 8.58. The average molecular weight is 319 g/mol. The highest BCUT2D eigenvalue weighted by atomic mass is 32.2. The number of rotatable bonds is 5. The number of hydrogen-bond donors (Lipinski definition) is 1. The molecule has 3 aromatic heterocycles. The van der Waals surface area contributed by atoms with Crippen LogP contribution in [0.5, 0.6) is 0 Å². The highest BCUT2D eigenvalue weighted by Gasteiger charge is 2.08. The molecule has 0 amide bonds. The molecule has 3 rings (SSSR count). The number of anilines is 1. The first-order chi connectivity index (χ1) is 10.1. The van der Waals surface area contributed by atoms with E-state index in [1.807, 2.05) is 12.3 Å². The van der Waals surface area contributed by atoms with Crippen molar-refractivity contribution in [2.75, 3.05) is 5.32 Å². The van der Waals surface area contributed by atoms with Crippen LogP contribution in [0.2, 0.25) is 0 Å². The molecule has 0 aliphatic heterocycles. The first kappa shape index (κ1) is 14.3. The van der Waals surface area contributed by atoms with Crippen LogP contribution < -0.4 is 5.32 Å². The molecule has 3 aromatic rings. The number of nitrogens with one attached hydrogen (secondary N) is 1. The predicted octanol–water partition coefficient (Wildman–Crippen LogP) is 3.61. The topological polar surface area (TPSA) is 55.1 Å². The Morgan fingerprint density at radius 1 is 1.38 bits per heavy atom. The molecule has 0 aliphatic carbocycles. The molecule has 3 heterocycles. The maximum absolute atomic E-state index is 4.67. The van der Waals surface area contributed by atoms with Crippen LogP contribution in [0.25, 0.3) is 5.65 Å². The smallest absolute Gasteiger partial charge is 0.206 e. The second-order valence-corrected chi connectivity index (χ2v) is 7.32. The van der Waals surface area contributed by atoms with Crippen LogP contribution in [0.3, 0.4) is 0 Å². The van der Waals surface area contributed by atoms with Crippen LogP contribution in [0, 0.1) is 6.92 Å². The van der Waals surface area contributed by atoms with Crippen LogP contribution in [-0.4, -0.2) is 25.6 Å². The van der Waals surface area contributed by atoms with E-state index < -0.39 is 0 Å². The van der Waals surface area contributed by atoms with Gasteiger partial charge in [-0.2, -0.15) is 0 Å². The molecule has 0 fully saturated rings. The van der Waals surface area contributed by atoms with Crippen molar-refractivity contribution in [3.05, 3.63) is 35.8 Å². The number of aromatic nitrogens is 4. The molecule has 0 atom stereocenters. The fourth-order valence-electron chi connectivity index (χ4n) is 1.98. The van der Waals surface area contributed by atoms with Gasteiger partial charge in [0.25, 0.3) is 0 Å². The minimum absolute atomic E-state index is 0.372. The van der Waals surface area contributed by atoms with E-state index in [1.54, 1.807) is 23.1 Å². The van der Waals surface area contributed by atoms with E-state index in [-0.39, 0.29) is 0 Å². The van der Waals surface area contributed by atoms with Gasteiger partial charge in [0.2, 0.25) is 5.13 Å². The lowest BCUT2D eigenvalue weighted by Crippen LogP contribution is -2.08. The third-order valence-corrected chi connectivity index (χ3v) is 4.91. The van der Waals surface area contributed by atoms with Crippen molar-refractivity contribution in [1.29, 1.82) is 0 Å². The number of fused-ring (bicyclic) bond motifs is 1. The number of hydrogen-bond acceptors (Lipinski definition) is 6. The molecule has 0 bridgehead atoms. The molecule has 0 saturated carbocycles. The lowest BCUT2D eigenvalue weighted by Gasteiger charge is -2.02. The Balaban J connectivity index is 1.68. The molecule has 0 aliphatic rings. The third kappa shape index (κ3) is 3.36. The number of pyridine rings is 1. The van der Waals surface area contributed by atoms with Crippen molar-refractivity contribution in [3.63, 3.8) is 0 Å². The van der Waals surface area contributed by atoms with Crippen molar-refractivity contribution in [3.8, 4) is 0 Å². The van der Waals surface area contributed by atoms with E-state index in [0.29, 0.717) is 6.04 Å². The standard InChI is InChI=1S/C14H17N5S2/c1-9(2)15-13-17-18-14(21-13)20-8-11-7-19-6-4-5-10(3)12(19)16-11/h4-7,9H,8H2,1-3H3,(H,15,17). The summed E-state index contributed by atoms with van der Waals surface area (Å²) in [5.74, 6) is 0.803. The normalized spacial score (nSPS) is 11.4. The second kappa shape index (κ2) is 6.03. The fourth-order valence-corrected chi connectivity index (χ4v) is 3.76. The van der Waals surface area contributed by atoms with E-state index in [4.69, 9.17) is 0 Å². The van der Waals surface area contributed by atoms with Crippen molar-refractivity contribution in [2.45, 2.75) is 36.9 Å². The van der Waals surface area contributed by atoms with Gasteiger partial charge in [0.05, 0.1) is 5.69 Å². The van der Waals surface area contributed by atoms with Gasteiger partial charge in [-0.15, -0.1) is 10.2 Å². The largest absolute Gasteiger partial charge is 0.358 e. The Hall–Kier alpha value is -1.60. The molecule has 7 heteroatoms. The summed E-state index contributed by atoms with van der Waals surface area (Å²) in [5, 5.41) is 12.5. The first-order valence-electron chi connectivity index (χ1n) is 6.78. The minimum Gasteiger partial charge on any atom is -0.358 e. The molecule has 0 radical (unpaired) electrons. The number of imidazole rings is 1. The second-order valence-electron chi connectivity index (χ2n) is 5.12. The van der Waals surface area contributed by atoms with Crippen molar-refractivity contribution < 1.29 is 0 Å². The van der Waals surface area contributed by atoms with E-state index in [1.165, 1.54) is 5.56 Å². The SMILES string of the molecule is Cc1cccn2cc(CSc3nnc(NC(C)C)s3)nc12. The zero-order valence-electron chi connectivity index (χ0n) is 12.2. The van der Waals surface area contributed by atoms with Crippen molar-refractivity contribution >= 4 is 33.9 Å². The Kier molecular flexibility index (Phi) is 4.12. The van der Waals surface area contributed by atoms with E-state index in [0.717, 1.165) is 26.6 Å². The van der Waals surface area contributed by atoms with Crippen LogP contribution >= 0.6 is 23.1 Å². The van der Waals surface area contributed by atoms with Gasteiger partial charge in [-0.05, 0) is 32.4 Å². The van der Waals surface area contributed by atoms with Gasteiger partial charge >= 0.3 is 0 Å². The fraction of sp³-hybridized carbons (Fsp3) is 0.357. The molecule has 21 heavy (non-hydrogen) atoms. The van der Waals surface area contributed by atoms with Crippen LogP contribution in [0.4, 0.5) is 5.13 Å². The molecule has 0 unspecified atom stereocenters. The summed E-state index contributed by atoms with van der Waals surface area (Å²) in [6, 6.07) is 4.49. The monoisotopic (exact) mass is 319 g/mol. The van der Waals surface area contributed by atoms with Gasteiger partial charge in [-0.1, -0.05) is 29.2 Å². The number of nitrogens with zero attached hydrogens (tertiary/aromatic N) is 4. The highest BCUT2D eigenvalue weighted by molar-refractivity contribution is 8.00. The quantitative estimate of drug-likeness (QED) is 0.728. The minimum atomic E-state index is 0.372. The Labute approximate surface area is 131 Å². The van der Waals surface area contributed by atoms with Crippen molar-refractivity contribution in [2.24, 2.45) is 0 Å². The summed E-state index contributed by atoms with van der Waals surface area (Å²) in [5.41, 5.74) is 3.27. The van der Waals surface area contributed by atoms with Gasteiger partial charge in [-0.3, -0.25) is 0 Å². The van der Waals surface area contributed by atoms with Gasteiger partial charge in [0.1, 0.15) is 5.65 Å². The molecular formula is C14H17N5S2. The molecule has 0 saturated heterocycles. The van der Waals surface area contributed by atoms with Crippen LogP contribution in [0.1, 0.15) is 25.1 Å². The van der Waals surface area contributed by atoms with E-state index >= 15 is 0 Å². The lowest BCUT2D eigenvalue weighted by molar-refractivity contribution is 0.883. The van der Waals surface area contributed by atoms with Crippen LogP contribution in [-0.2, 0) is 5.75 Å². The van der Waals surface area contributed by atoms with E-state index in [2.05, 4.69) is 57.9 Å². The maximum Gasteiger partial charge on any atom is 0.206 e. The van der Waals surface area contributed by atoms with Gasteiger partial charge < -0.3 is 9.72 Å². The highest BCUT2D eigenvalue weighted by Crippen LogP contribution is 2.28. The summed E-state index contributed by atoms with van der Waals surface area (Å²) in [6.07, 6.45) is 4.10. The summed E-state index contributed by atoms with van der Waals surface area (Å²) in [4.78, 5) is 4.67. The molecule has 1 N–H and O–H groups in total. The van der Waals surface area contributed by atoms with E-state index in [9.17, 15) is 0 Å². The lowest BCUT2D eigenvalue weighted by atomic mass is 10.3. The predicted molar refractivity (Wildman–Crippen MR) is 88.2 cm³/mol. The molecule has 110 valence electrons. The molecule has 5 nitrogen and oxygen atoms in total. The molecule has 0 aromatic carbocycles. The zero-order chi connectivity index (χ0) is 14.8.